The Morgan fingerprint density at radius 2 is 1.41 bits per heavy atom. The van der Waals surface area contributed by atoms with E-state index in [1.165, 1.54) is 25.7 Å². The first-order valence-corrected chi connectivity index (χ1v) is 11.5. The molecular formula is C24H30N6O2. The molecule has 0 aliphatic carbocycles. The lowest BCUT2D eigenvalue weighted by molar-refractivity contribution is -0.0296. The van der Waals surface area contributed by atoms with E-state index in [2.05, 4.69) is 36.0 Å². The van der Waals surface area contributed by atoms with Gasteiger partial charge in [-0.05, 0) is 63.5 Å². The summed E-state index contributed by atoms with van der Waals surface area (Å²) < 4.78 is 15.8. The molecule has 0 saturated carbocycles. The Hall–Kier alpha value is -2.84. The Balaban J connectivity index is 0.000000135. The fourth-order valence-electron chi connectivity index (χ4n) is 4.57. The van der Waals surface area contributed by atoms with E-state index in [-0.39, 0.29) is 12.5 Å². The van der Waals surface area contributed by atoms with Gasteiger partial charge in [-0.1, -0.05) is 0 Å². The van der Waals surface area contributed by atoms with E-state index in [4.69, 9.17) is 9.47 Å². The van der Waals surface area contributed by atoms with Gasteiger partial charge < -0.3 is 18.6 Å². The number of fused-ring (bicyclic) bond motifs is 2. The third-order valence-electron chi connectivity index (χ3n) is 6.26. The van der Waals surface area contributed by atoms with Crippen LogP contribution in [0.15, 0.2) is 37.4 Å². The van der Waals surface area contributed by atoms with Crippen molar-refractivity contribution in [2.75, 3.05) is 13.2 Å². The highest BCUT2D eigenvalue weighted by Gasteiger charge is 2.19. The fourth-order valence-corrected chi connectivity index (χ4v) is 4.57. The summed E-state index contributed by atoms with van der Waals surface area (Å²) in [4.78, 5) is 17.2. The van der Waals surface area contributed by atoms with Crippen molar-refractivity contribution >= 4 is 22.1 Å². The second-order valence-electron chi connectivity index (χ2n) is 8.59. The summed E-state index contributed by atoms with van der Waals surface area (Å²) in [7, 11) is 0. The Morgan fingerprint density at radius 1 is 0.750 bits per heavy atom. The Bertz CT molecular complexity index is 1190. The van der Waals surface area contributed by atoms with Crippen LogP contribution in [0, 0.1) is 13.8 Å². The summed E-state index contributed by atoms with van der Waals surface area (Å²) in [6, 6.07) is 0. The van der Waals surface area contributed by atoms with E-state index < -0.39 is 0 Å². The Kier molecular flexibility index (Phi) is 6.14. The van der Waals surface area contributed by atoms with E-state index >= 15 is 0 Å². The number of ether oxygens (including phenoxy) is 2. The zero-order valence-corrected chi connectivity index (χ0v) is 18.8. The molecule has 2 aliphatic rings. The monoisotopic (exact) mass is 434 g/mol. The van der Waals surface area contributed by atoms with Gasteiger partial charge in [0, 0.05) is 25.6 Å². The number of pyridine rings is 2. The molecule has 6 rings (SSSR count). The molecule has 0 N–H and O–H groups in total. The van der Waals surface area contributed by atoms with Crippen LogP contribution in [0.3, 0.4) is 0 Å². The highest BCUT2D eigenvalue weighted by molar-refractivity contribution is 5.78. The molecule has 4 aromatic rings. The van der Waals surface area contributed by atoms with Gasteiger partial charge in [0.1, 0.15) is 18.0 Å². The predicted octanol–water partition coefficient (Wildman–Crippen LogP) is 4.88. The molecule has 2 fully saturated rings. The normalized spacial score (nSPS) is 21.4. The van der Waals surface area contributed by atoms with Crippen LogP contribution in [0.5, 0.6) is 0 Å². The first-order chi connectivity index (χ1) is 15.7. The number of aryl methyl sites for hydroxylation is 2. The topological polar surface area (TPSA) is 79.9 Å². The first-order valence-electron chi connectivity index (χ1n) is 11.5. The van der Waals surface area contributed by atoms with Crippen LogP contribution in [0.2, 0.25) is 0 Å². The van der Waals surface area contributed by atoms with Crippen LogP contribution in [-0.4, -0.2) is 42.3 Å². The highest BCUT2D eigenvalue weighted by atomic mass is 16.5. The number of rotatable bonds is 2. The van der Waals surface area contributed by atoms with Gasteiger partial charge >= 0.3 is 0 Å². The summed E-state index contributed by atoms with van der Waals surface area (Å²) >= 11 is 0. The van der Waals surface area contributed by atoms with Gasteiger partial charge in [-0.3, -0.25) is 9.97 Å². The molecule has 8 heteroatoms. The molecule has 0 aromatic carbocycles. The van der Waals surface area contributed by atoms with E-state index in [0.717, 1.165) is 59.2 Å². The molecule has 6 heterocycles. The van der Waals surface area contributed by atoms with Gasteiger partial charge in [-0.2, -0.15) is 0 Å². The van der Waals surface area contributed by atoms with Gasteiger partial charge in [0.2, 0.25) is 0 Å². The molecule has 0 bridgehead atoms. The standard InChI is InChI=1S/2C12H15N3O/c1-9-6-13-7-10-12(9)14-8-15(10)11-4-2-3-5-16-11;1-9-6-13-7-10-12(9)15(8-14-10)11-4-2-3-5-16-11/h2*6-8,11H,2-5H2,1H3. The van der Waals surface area contributed by atoms with Crippen LogP contribution in [0.25, 0.3) is 22.1 Å². The SMILES string of the molecule is Cc1cncc2c1ncn2C1CCCCO1.Cc1cncc2ncn(C3CCCCO3)c12. The van der Waals surface area contributed by atoms with Crippen molar-refractivity contribution in [1.82, 2.24) is 29.1 Å². The van der Waals surface area contributed by atoms with Gasteiger partial charge in [0.05, 0.1) is 41.6 Å². The van der Waals surface area contributed by atoms with Gasteiger partial charge in [-0.25, -0.2) is 9.97 Å². The van der Waals surface area contributed by atoms with Crippen molar-refractivity contribution in [1.29, 1.82) is 0 Å². The van der Waals surface area contributed by atoms with Crippen LogP contribution >= 0.6 is 0 Å². The number of nitrogens with zero attached hydrogens (tertiary/aromatic N) is 6. The third kappa shape index (κ3) is 4.12. The zero-order valence-electron chi connectivity index (χ0n) is 18.8. The molecule has 0 spiro atoms. The van der Waals surface area contributed by atoms with E-state index in [1.54, 1.807) is 0 Å². The molecule has 168 valence electrons. The molecular weight excluding hydrogens is 404 g/mol. The average Bonchev–Trinajstić information content (AvgIpc) is 3.47. The molecule has 0 amide bonds. The number of hydrogen-bond acceptors (Lipinski definition) is 6. The maximum absolute atomic E-state index is 5.79. The average molecular weight is 435 g/mol. The maximum Gasteiger partial charge on any atom is 0.135 e. The second-order valence-corrected chi connectivity index (χ2v) is 8.59. The molecule has 4 aromatic heterocycles. The lowest BCUT2D eigenvalue weighted by atomic mass is 10.2. The van der Waals surface area contributed by atoms with Crippen molar-refractivity contribution in [3.05, 3.63) is 48.6 Å². The number of imidazole rings is 2. The van der Waals surface area contributed by atoms with Gasteiger partial charge in [0.15, 0.2) is 0 Å². The zero-order chi connectivity index (χ0) is 21.9. The van der Waals surface area contributed by atoms with Crippen LogP contribution in [-0.2, 0) is 9.47 Å². The quantitative estimate of drug-likeness (QED) is 0.447. The largest absolute Gasteiger partial charge is 0.358 e. The summed E-state index contributed by atoms with van der Waals surface area (Å²) in [5.74, 6) is 0. The van der Waals surface area contributed by atoms with Crippen molar-refractivity contribution in [3.8, 4) is 0 Å². The van der Waals surface area contributed by atoms with E-state index in [9.17, 15) is 0 Å². The molecule has 0 radical (unpaired) electrons. The summed E-state index contributed by atoms with van der Waals surface area (Å²) in [5, 5.41) is 0. The van der Waals surface area contributed by atoms with Crippen LogP contribution < -0.4 is 0 Å². The predicted molar refractivity (Wildman–Crippen MR) is 122 cm³/mol. The minimum absolute atomic E-state index is 0.141. The van der Waals surface area contributed by atoms with E-state index in [0.29, 0.717) is 0 Å². The minimum Gasteiger partial charge on any atom is -0.358 e. The maximum atomic E-state index is 5.79. The second kappa shape index (κ2) is 9.34. The Morgan fingerprint density at radius 3 is 2.12 bits per heavy atom. The third-order valence-corrected chi connectivity index (χ3v) is 6.26. The molecule has 2 atom stereocenters. The number of aromatic nitrogens is 6. The molecule has 2 saturated heterocycles. The van der Waals surface area contributed by atoms with Crippen molar-refractivity contribution in [2.45, 2.75) is 64.8 Å². The Labute approximate surface area is 187 Å². The van der Waals surface area contributed by atoms with E-state index in [1.807, 2.05) is 44.4 Å². The molecule has 2 unspecified atom stereocenters. The number of hydrogen-bond donors (Lipinski definition) is 0. The fraction of sp³-hybridized carbons (Fsp3) is 0.500. The molecule has 2 aliphatic heterocycles. The van der Waals surface area contributed by atoms with Crippen LogP contribution in [0.1, 0.15) is 62.1 Å². The summed E-state index contributed by atoms with van der Waals surface area (Å²) in [6.07, 6.45) is 18.4. The smallest absolute Gasteiger partial charge is 0.135 e. The van der Waals surface area contributed by atoms with Crippen molar-refractivity contribution in [2.24, 2.45) is 0 Å². The lowest BCUT2D eigenvalue weighted by Gasteiger charge is -2.24. The van der Waals surface area contributed by atoms with Crippen molar-refractivity contribution < 1.29 is 9.47 Å². The van der Waals surface area contributed by atoms with Gasteiger partial charge in [0.25, 0.3) is 0 Å². The highest BCUT2D eigenvalue weighted by Crippen LogP contribution is 2.28. The minimum atomic E-state index is 0.141. The van der Waals surface area contributed by atoms with Gasteiger partial charge in [-0.15, -0.1) is 0 Å². The first kappa shape index (κ1) is 21.0. The lowest BCUT2D eigenvalue weighted by Crippen LogP contribution is -2.17. The molecule has 32 heavy (non-hydrogen) atoms. The van der Waals surface area contributed by atoms with Crippen LogP contribution in [0.4, 0.5) is 0 Å². The molecule has 8 nitrogen and oxygen atoms in total. The summed E-state index contributed by atoms with van der Waals surface area (Å²) in [6.45, 7) is 5.81. The summed E-state index contributed by atoms with van der Waals surface area (Å²) in [5.41, 5.74) is 6.49. The van der Waals surface area contributed by atoms with Crippen molar-refractivity contribution in [3.63, 3.8) is 0 Å².